The van der Waals surface area contributed by atoms with Crippen LogP contribution in [0.1, 0.15) is 55.4 Å². The lowest BCUT2D eigenvalue weighted by molar-refractivity contribution is -0.118. The maximum atomic E-state index is 12.6. The lowest BCUT2D eigenvalue weighted by Crippen LogP contribution is -2.54. The molecule has 2 aromatic rings. The molecule has 0 bridgehead atoms. The van der Waals surface area contributed by atoms with Gasteiger partial charge in [-0.3, -0.25) is 14.9 Å². The molecule has 1 unspecified atom stereocenters. The third kappa shape index (κ3) is 2.91. The number of hydrogen-bond donors (Lipinski definition) is 3. The zero-order chi connectivity index (χ0) is 19.1. The molecule has 1 saturated carbocycles. The highest BCUT2D eigenvalue weighted by atomic mass is 16.2. The van der Waals surface area contributed by atoms with Crippen LogP contribution in [0.15, 0.2) is 12.3 Å². The van der Waals surface area contributed by atoms with Crippen molar-refractivity contribution in [2.24, 2.45) is 0 Å². The van der Waals surface area contributed by atoms with Crippen LogP contribution in [0.2, 0.25) is 0 Å². The quantitative estimate of drug-likeness (QED) is 0.729. The van der Waals surface area contributed by atoms with Gasteiger partial charge in [-0.05, 0) is 25.3 Å². The van der Waals surface area contributed by atoms with Crippen molar-refractivity contribution < 1.29 is 9.59 Å². The summed E-state index contributed by atoms with van der Waals surface area (Å²) in [5.74, 6) is 0.340. The highest BCUT2D eigenvalue weighted by Crippen LogP contribution is 2.45. The molecule has 1 amide bonds. The molecule has 4 heterocycles. The van der Waals surface area contributed by atoms with Crippen LogP contribution in [0.4, 0.5) is 5.95 Å². The van der Waals surface area contributed by atoms with Gasteiger partial charge in [0.25, 0.3) is 0 Å². The number of ketones is 1. The Morgan fingerprint density at radius 2 is 2.07 bits per heavy atom. The number of carbonyl (C=O) groups excluding carboxylic acids is 2. The fraction of sp³-hybridized carbons (Fsp3) is 0.600. The third-order valence-electron chi connectivity index (χ3n) is 6.50. The van der Waals surface area contributed by atoms with E-state index in [4.69, 9.17) is 0 Å². The Labute approximate surface area is 163 Å². The van der Waals surface area contributed by atoms with Gasteiger partial charge in [-0.25, -0.2) is 4.98 Å². The first-order chi connectivity index (χ1) is 13.7. The summed E-state index contributed by atoms with van der Waals surface area (Å²) in [4.78, 5) is 34.1. The van der Waals surface area contributed by atoms with Crippen molar-refractivity contribution in [2.75, 3.05) is 25.0 Å². The summed E-state index contributed by atoms with van der Waals surface area (Å²) >= 11 is 0. The van der Waals surface area contributed by atoms with Gasteiger partial charge in [0.1, 0.15) is 5.65 Å². The molecule has 28 heavy (non-hydrogen) atoms. The molecule has 1 aliphatic carbocycles. The van der Waals surface area contributed by atoms with Crippen molar-refractivity contribution >= 4 is 28.7 Å². The van der Waals surface area contributed by atoms with Gasteiger partial charge in [0, 0.05) is 43.2 Å². The van der Waals surface area contributed by atoms with E-state index >= 15 is 0 Å². The first kappa shape index (κ1) is 17.8. The SMILES string of the molecule is O=C1CCC2(CCCCC2)n2c1cc1cnc(NC(=O)C3CNCCN3)nc12. The smallest absolute Gasteiger partial charge is 0.245 e. The number of hydrogen-bond acceptors (Lipinski definition) is 6. The molecule has 2 aliphatic heterocycles. The largest absolute Gasteiger partial charge is 0.316 e. The van der Waals surface area contributed by atoms with E-state index in [-0.39, 0.29) is 23.3 Å². The molecule has 3 N–H and O–H groups in total. The predicted molar refractivity (Wildman–Crippen MR) is 105 cm³/mol. The third-order valence-corrected chi connectivity index (χ3v) is 6.50. The Hall–Kier alpha value is -2.32. The van der Waals surface area contributed by atoms with Crippen molar-refractivity contribution in [3.05, 3.63) is 18.0 Å². The molecule has 2 fully saturated rings. The summed E-state index contributed by atoms with van der Waals surface area (Å²) in [6.07, 6.45) is 8.99. The number of nitrogens with one attached hydrogen (secondary N) is 3. The summed E-state index contributed by atoms with van der Waals surface area (Å²) in [5.41, 5.74) is 1.50. The molecule has 8 nitrogen and oxygen atoms in total. The fourth-order valence-electron chi connectivity index (χ4n) is 5.04. The van der Waals surface area contributed by atoms with Crippen LogP contribution in [-0.2, 0) is 10.3 Å². The monoisotopic (exact) mass is 382 g/mol. The number of carbonyl (C=O) groups is 2. The van der Waals surface area contributed by atoms with Crippen molar-refractivity contribution in [1.82, 2.24) is 25.2 Å². The van der Waals surface area contributed by atoms with Gasteiger partial charge in [0.05, 0.1) is 11.7 Å². The minimum absolute atomic E-state index is 0.0201. The number of nitrogens with zero attached hydrogens (tertiary/aromatic N) is 3. The van der Waals surface area contributed by atoms with E-state index in [9.17, 15) is 9.59 Å². The van der Waals surface area contributed by atoms with Crippen molar-refractivity contribution in [2.45, 2.75) is 56.5 Å². The van der Waals surface area contributed by atoms with Crippen LogP contribution in [0.5, 0.6) is 0 Å². The highest BCUT2D eigenvalue weighted by molar-refractivity contribution is 6.01. The van der Waals surface area contributed by atoms with Crippen LogP contribution < -0.4 is 16.0 Å². The summed E-state index contributed by atoms with van der Waals surface area (Å²) in [6, 6.07) is 1.63. The second-order valence-corrected chi connectivity index (χ2v) is 8.25. The van der Waals surface area contributed by atoms with Gasteiger partial charge in [-0.15, -0.1) is 0 Å². The Balaban J connectivity index is 1.52. The van der Waals surface area contributed by atoms with E-state index in [0.29, 0.717) is 18.9 Å². The predicted octanol–water partition coefficient (Wildman–Crippen LogP) is 1.57. The zero-order valence-corrected chi connectivity index (χ0v) is 16.0. The average Bonchev–Trinajstić information content (AvgIpc) is 3.13. The van der Waals surface area contributed by atoms with Gasteiger partial charge in [-0.2, -0.15) is 4.98 Å². The molecule has 8 heteroatoms. The fourth-order valence-corrected chi connectivity index (χ4v) is 5.04. The second-order valence-electron chi connectivity index (χ2n) is 8.25. The summed E-state index contributed by atoms with van der Waals surface area (Å²) in [7, 11) is 0. The number of amides is 1. The molecule has 5 rings (SSSR count). The molecular formula is C20H26N6O2. The van der Waals surface area contributed by atoms with Gasteiger partial charge in [0.2, 0.25) is 11.9 Å². The Bertz CT molecular complexity index is 924. The molecule has 1 saturated heterocycles. The normalized spacial score (nSPS) is 24.3. The van der Waals surface area contributed by atoms with Gasteiger partial charge in [0.15, 0.2) is 5.78 Å². The van der Waals surface area contributed by atoms with E-state index < -0.39 is 0 Å². The first-order valence-electron chi connectivity index (χ1n) is 10.3. The molecule has 3 aliphatic rings. The number of anilines is 1. The summed E-state index contributed by atoms with van der Waals surface area (Å²) < 4.78 is 2.17. The standard InChI is InChI=1S/C20H26N6O2/c27-16-4-7-20(5-2-1-3-6-20)26-15(16)10-13-11-23-19(24-17(13)26)25-18(28)14-12-21-8-9-22-14/h10-11,14,21-22H,1-9,12H2,(H,23,24,25,28). The molecule has 0 radical (unpaired) electrons. The first-order valence-corrected chi connectivity index (χ1v) is 10.3. The zero-order valence-electron chi connectivity index (χ0n) is 16.0. The van der Waals surface area contributed by atoms with E-state index in [1.165, 1.54) is 19.3 Å². The van der Waals surface area contributed by atoms with Crippen LogP contribution >= 0.6 is 0 Å². The van der Waals surface area contributed by atoms with Crippen molar-refractivity contribution in [1.29, 1.82) is 0 Å². The maximum Gasteiger partial charge on any atom is 0.245 e. The van der Waals surface area contributed by atoms with E-state index in [2.05, 4.69) is 30.5 Å². The Morgan fingerprint density at radius 1 is 1.21 bits per heavy atom. The number of aromatic nitrogens is 3. The number of piperazine rings is 1. The van der Waals surface area contributed by atoms with Crippen molar-refractivity contribution in [3.8, 4) is 0 Å². The van der Waals surface area contributed by atoms with Crippen LogP contribution in [0.25, 0.3) is 11.0 Å². The second kappa shape index (κ2) is 6.93. The Kier molecular flexibility index (Phi) is 4.40. The van der Waals surface area contributed by atoms with Gasteiger partial charge in [-0.1, -0.05) is 19.3 Å². The molecule has 1 spiro atoms. The number of Topliss-reactive ketones (excluding diaryl/α,β-unsaturated/α-hetero) is 1. The molecule has 0 aromatic carbocycles. The van der Waals surface area contributed by atoms with E-state index in [0.717, 1.165) is 49.1 Å². The van der Waals surface area contributed by atoms with Gasteiger partial charge < -0.3 is 15.2 Å². The molecule has 148 valence electrons. The van der Waals surface area contributed by atoms with E-state index in [1.54, 1.807) is 6.20 Å². The maximum absolute atomic E-state index is 12.6. The minimum atomic E-state index is -0.291. The van der Waals surface area contributed by atoms with E-state index in [1.807, 2.05) is 6.07 Å². The van der Waals surface area contributed by atoms with Crippen LogP contribution in [0, 0.1) is 0 Å². The highest BCUT2D eigenvalue weighted by Gasteiger charge is 2.41. The number of rotatable bonds is 2. The molecule has 1 atom stereocenters. The average molecular weight is 382 g/mol. The molecular weight excluding hydrogens is 356 g/mol. The topological polar surface area (TPSA) is 101 Å². The Morgan fingerprint density at radius 3 is 2.86 bits per heavy atom. The number of fused-ring (bicyclic) bond motifs is 4. The lowest BCUT2D eigenvalue weighted by Gasteiger charge is -2.42. The van der Waals surface area contributed by atoms with Crippen molar-refractivity contribution in [3.63, 3.8) is 0 Å². The van der Waals surface area contributed by atoms with Crippen LogP contribution in [-0.4, -0.2) is 51.9 Å². The molecule has 2 aromatic heterocycles. The van der Waals surface area contributed by atoms with Gasteiger partial charge >= 0.3 is 0 Å². The lowest BCUT2D eigenvalue weighted by atomic mass is 9.75. The van der Waals surface area contributed by atoms with Crippen LogP contribution in [0.3, 0.4) is 0 Å². The minimum Gasteiger partial charge on any atom is -0.316 e. The summed E-state index contributed by atoms with van der Waals surface area (Å²) in [6.45, 7) is 2.21. The summed E-state index contributed by atoms with van der Waals surface area (Å²) in [5, 5.41) is 10.1.